The Hall–Kier alpha value is -3.00. The Balaban J connectivity index is 1.35. The number of halogens is 2. The van der Waals surface area contributed by atoms with Crippen molar-refractivity contribution in [2.45, 2.75) is 18.9 Å². The Morgan fingerprint density at radius 3 is 2.63 bits per heavy atom. The van der Waals surface area contributed by atoms with Gasteiger partial charge in [0.05, 0.1) is 16.7 Å². The summed E-state index contributed by atoms with van der Waals surface area (Å²) < 4.78 is 13.7. The predicted molar refractivity (Wildman–Crippen MR) is 114 cm³/mol. The van der Waals surface area contributed by atoms with E-state index in [-0.39, 0.29) is 10.9 Å². The van der Waals surface area contributed by atoms with Gasteiger partial charge in [-0.15, -0.1) is 0 Å². The van der Waals surface area contributed by atoms with Crippen LogP contribution < -0.4 is 10.2 Å². The van der Waals surface area contributed by atoms with Crippen molar-refractivity contribution < 1.29 is 9.18 Å². The van der Waals surface area contributed by atoms with Crippen LogP contribution in [-0.2, 0) is 0 Å². The van der Waals surface area contributed by atoms with E-state index in [1.165, 1.54) is 12.1 Å². The lowest BCUT2D eigenvalue weighted by Gasteiger charge is -2.36. The molecule has 0 atom stereocenters. The number of hydrogen-bond acceptors (Lipinski definition) is 6. The zero-order valence-electron chi connectivity index (χ0n) is 16.2. The van der Waals surface area contributed by atoms with Crippen LogP contribution in [-0.4, -0.2) is 58.0 Å². The molecule has 9 heteroatoms. The summed E-state index contributed by atoms with van der Waals surface area (Å²) in [5.41, 5.74) is 1.84. The van der Waals surface area contributed by atoms with E-state index in [0.29, 0.717) is 37.8 Å². The molecular weight excluding hydrogens is 407 g/mol. The molecule has 1 aromatic carbocycles. The average Bonchev–Trinajstić information content (AvgIpc) is 3.59. The smallest absolute Gasteiger partial charge is 0.254 e. The highest BCUT2D eigenvalue weighted by molar-refractivity contribution is 6.30. The molecule has 2 fully saturated rings. The standard InChI is InChI=1S/C21H20ClFN6O/c22-15-4-1-13(11-16(15)23)21(30)29-9-7-28(8-10-29)20-19(25-14-2-3-14)26-17-5-6-24-12-18(17)27-20/h1,4-6,11-12,14H,2-3,7-10H2,(H,25,26). The van der Waals surface area contributed by atoms with Gasteiger partial charge in [-0.05, 0) is 37.1 Å². The second-order valence-corrected chi connectivity index (χ2v) is 7.99. The van der Waals surface area contributed by atoms with Gasteiger partial charge in [-0.3, -0.25) is 9.78 Å². The molecule has 7 nitrogen and oxygen atoms in total. The minimum atomic E-state index is -0.586. The first-order valence-corrected chi connectivity index (χ1v) is 10.3. The van der Waals surface area contributed by atoms with E-state index in [2.05, 4.69) is 15.2 Å². The van der Waals surface area contributed by atoms with Gasteiger partial charge in [0.2, 0.25) is 0 Å². The molecule has 3 heterocycles. The maximum absolute atomic E-state index is 13.7. The zero-order chi connectivity index (χ0) is 20.7. The van der Waals surface area contributed by atoms with E-state index < -0.39 is 5.82 Å². The molecule has 1 saturated carbocycles. The fraction of sp³-hybridized carbons (Fsp3) is 0.333. The predicted octanol–water partition coefficient (Wildman–Crippen LogP) is 3.35. The number of carbonyl (C=O) groups excluding carboxylic acids is 1. The number of fused-ring (bicyclic) bond motifs is 1. The average molecular weight is 427 g/mol. The Labute approximate surface area is 177 Å². The molecule has 0 unspecified atom stereocenters. The minimum absolute atomic E-state index is 0.0106. The van der Waals surface area contributed by atoms with E-state index in [4.69, 9.17) is 21.6 Å². The van der Waals surface area contributed by atoms with Gasteiger partial charge in [0.25, 0.3) is 5.91 Å². The number of nitrogens with one attached hydrogen (secondary N) is 1. The van der Waals surface area contributed by atoms with Crippen LogP contribution in [0, 0.1) is 5.82 Å². The van der Waals surface area contributed by atoms with E-state index in [1.54, 1.807) is 23.4 Å². The second kappa shape index (κ2) is 7.68. The molecule has 1 amide bonds. The molecule has 0 spiro atoms. The largest absolute Gasteiger partial charge is 0.364 e. The van der Waals surface area contributed by atoms with Gasteiger partial charge >= 0.3 is 0 Å². The Morgan fingerprint density at radius 2 is 1.90 bits per heavy atom. The molecule has 1 N–H and O–H groups in total. The fourth-order valence-corrected chi connectivity index (χ4v) is 3.69. The molecule has 154 valence electrons. The number of pyridine rings is 1. The van der Waals surface area contributed by atoms with Crippen LogP contribution in [0.1, 0.15) is 23.2 Å². The summed E-state index contributed by atoms with van der Waals surface area (Å²) in [5, 5.41) is 3.49. The Kier molecular flexibility index (Phi) is 4.86. The van der Waals surface area contributed by atoms with E-state index >= 15 is 0 Å². The van der Waals surface area contributed by atoms with Crippen molar-refractivity contribution in [1.82, 2.24) is 19.9 Å². The lowest BCUT2D eigenvalue weighted by molar-refractivity contribution is 0.0746. The highest BCUT2D eigenvalue weighted by Crippen LogP contribution is 2.31. The van der Waals surface area contributed by atoms with Gasteiger partial charge in [0, 0.05) is 44.0 Å². The molecule has 0 bridgehead atoms. The lowest BCUT2D eigenvalue weighted by Crippen LogP contribution is -2.49. The third kappa shape index (κ3) is 3.75. The van der Waals surface area contributed by atoms with Crippen LogP contribution in [0.3, 0.4) is 0 Å². The van der Waals surface area contributed by atoms with E-state index in [1.807, 2.05) is 6.07 Å². The Morgan fingerprint density at radius 1 is 1.10 bits per heavy atom. The van der Waals surface area contributed by atoms with Crippen LogP contribution in [0.4, 0.5) is 16.0 Å². The zero-order valence-corrected chi connectivity index (χ0v) is 16.9. The minimum Gasteiger partial charge on any atom is -0.364 e. The summed E-state index contributed by atoms with van der Waals surface area (Å²) in [5.74, 6) is 0.773. The molecule has 3 aromatic rings. The molecule has 1 aliphatic carbocycles. The summed E-state index contributed by atoms with van der Waals surface area (Å²) in [6.07, 6.45) is 5.69. The van der Waals surface area contributed by atoms with Crippen molar-refractivity contribution in [1.29, 1.82) is 0 Å². The summed E-state index contributed by atoms with van der Waals surface area (Å²) in [6.45, 7) is 2.25. The number of nitrogens with zero attached hydrogens (tertiary/aromatic N) is 5. The number of aromatic nitrogens is 3. The van der Waals surface area contributed by atoms with Crippen LogP contribution >= 0.6 is 11.6 Å². The maximum atomic E-state index is 13.7. The molecular formula is C21H20ClFN6O. The van der Waals surface area contributed by atoms with Crippen LogP contribution in [0.2, 0.25) is 5.02 Å². The molecule has 1 aliphatic heterocycles. The van der Waals surface area contributed by atoms with Gasteiger partial charge in [-0.1, -0.05) is 11.6 Å². The lowest BCUT2D eigenvalue weighted by atomic mass is 10.1. The van der Waals surface area contributed by atoms with Crippen LogP contribution in [0.5, 0.6) is 0 Å². The number of benzene rings is 1. The van der Waals surface area contributed by atoms with Crippen molar-refractivity contribution in [3.8, 4) is 0 Å². The van der Waals surface area contributed by atoms with Crippen molar-refractivity contribution >= 4 is 40.2 Å². The fourth-order valence-electron chi connectivity index (χ4n) is 3.57. The van der Waals surface area contributed by atoms with Crippen LogP contribution in [0.25, 0.3) is 11.0 Å². The first-order valence-electron chi connectivity index (χ1n) is 9.96. The molecule has 0 radical (unpaired) electrons. The molecule has 2 aliphatic rings. The van der Waals surface area contributed by atoms with Crippen molar-refractivity contribution in [3.05, 3.63) is 53.1 Å². The van der Waals surface area contributed by atoms with E-state index in [9.17, 15) is 9.18 Å². The third-order valence-electron chi connectivity index (χ3n) is 5.40. The van der Waals surface area contributed by atoms with E-state index in [0.717, 1.165) is 35.5 Å². The number of anilines is 2. The molecule has 2 aromatic heterocycles. The maximum Gasteiger partial charge on any atom is 0.254 e. The summed E-state index contributed by atoms with van der Waals surface area (Å²) in [6, 6.07) is 6.46. The number of amides is 1. The van der Waals surface area contributed by atoms with Crippen molar-refractivity contribution in [3.63, 3.8) is 0 Å². The van der Waals surface area contributed by atoms with Gasteiger partial charge < -0.3 is 15.1 Å². The molecule has 1 saturated heterocycles. The highest BCUT2D eigenvalue weighted by atomic mass is 35.5. The highest BCUT2D eigenvalue weighted by Gasteiger charge is 2.28. The normalized spacial score (nSPS) is 16.7. The quantitative estimate of drug-likeness (QED) is 0.689. The monoisotopic (exact) mass is 426 g/mol. The van der Waals surface area contributed by atoms with Crippen molar-refractivity contribution in [2.24, 2.45) is 0 Å². The Bertz CT molecular complexity index is 1110. The van der Waals surface area contributed by atoms with Crippen LogP contribution in [0.15, 0.2) is 36.7 Å². The number of hydrogen-bond donors (Lipinski definition) is 1. The van der Waals surface area contributed by atoms with Gasteiger partial charge in [-0.2, -0.15) is 0 Å². The summed E-state index contributed by atoms with van der Waals surface area (Å²) in [7, 11) is 0. The first-order chi connectivity index (χ1) is 14.6. The number of piperazine rings is 1. The molecule has 5 rings (SSSR count). The SMILES string of the molecule is O=C(c1ccc(Cl)c(F)c1)N1CCN(c2nc3cnccc3nc2NC2CC2)CC1. The first kappa shape index (κ1) is 19.0. The van der Waals surface area contributed by atoms with Gasteiger partial charge in [0.15, 0.2) is 11.6 Å². The van der Waals surface area contributed by atoms with Gasteiger partial charge in [-0.25, -0.2) is 14.4 Å². The topological polar surface area (TPSA) is 74.2 Å². The third-order valence-corrected chi connectivity index (χ3v) is 5.71. The number of rotatable bonds is 4. The van der Waals surface area contributed by atoms with Crippen molar-refractivity contribution in [2.75, 3.05) is 36.4 Å². The van der Waals surface area contributed by atoms with Gasteiger partial charge in [0.1, 0.15) is 11.3 Å². The second-order valence-electron chi connectivity index (χ2n) is 7.59. The summed E-state index contributed by atoms with van der Waals surface area (Å²) in [4.78, 5) is 30.3. The number of carbonyl (C=O) groups is 1. The summed E-state index contributed by atoms with van der Waals surface area (Å²) >= 11 is 5.72. The molecule has 30 heavy (non-hydrogen) atoms.